The van der Waals surface area contributed by atoms with Crippen molar-refractivity contribution in [2.75, 3.05) is 0 Å². The van der Waals surface area contributed by atoms with Crippen molar-refractivity contribution >= 4 is 0 Å². The molecule has 0 atom stereocenters. The Balaban J connectivity index is 0. The fraction of sp³-hybridized carbons (Fsp3) is 0.750. The summed E-state index contributed by atoms with van der Waals surface area (Å²) in [6.45, 7) is 5.72. The van der Waals surface area contributed by atoms with Gasteiger partial charge in [-0.2, -0.15) is 6.42 Å². The third kappa shape index (κ3) is 24.0. The van der Waals surface area contributed by atoms with Gasteiger partial charge in [-0.15, -0.1) is 0 Å². The summed E-state index contributed by atoms with van der Waals surface area (Å²) in [4.78, 5) is 0. The minimum atomic E-state index is 0.194. The third-order valence-electron chi connectivity index (χ3n) is 0.354. The zero-order valence-corrected chi connectivity index (χ0v) is 7.19. The molecule has 0 amide bonds. The van der Waals surface area contributed by atoms with E-state index in [-0.39, 0.29) is 21.0 Å². The normalized spacial score (nSPS) is 5.50. The molecule has 0 saturated heterocycles. The van der Waals surface area contributed by atoms with Crippen LogP contribution in [0.15, 0.2) is 0 Å². The van der Waals surface area contributed by atoms with Crippen LogP contribution in [0.25, 0.3) is 0 Å². The molecule has 0 radical (unpaired) electrons. The molecule has 0 bridgehead atoms. The second-order valence-electron chi connectivity index (χ2n) is 0.854. The summed E-state index contributed by atoms with van der Waals surface area (Å²) in [5.74, 6) is 0. The van der Waals surface area contributed by atoms with Gasteiger partial charge in [-0.25, -0.2) is 0 Å². The van der Waals surface area contributed by atoms with Crippen LogP contribution in [0, 0.1) is 6.92 Å². The molecule has 0 aromatic rings. The van der Waals surface area contributed by atoms with Crippen molar-refractivity contribution in [3.63, 3.8) is 0 Å². The predicted molar refractivity (Wildman–Crippen MR) is 21.0 cm³/mol. The van der Waals surface area contributed by atoms with Crippen LogP contribution in [0.4, 0.5) is 0 Å². The minimum absolute atomic E-state index is 0.194. The molecule has 0 aliphatic rings. The third-order valence-corrected chi connectivity index (χ3v) is 0.354. The van der Waals surface area contributed by atoms with E-state index in [1.165, 1.54) is 6.42 Å². The summed E-state index contributed by atoms with van der Waals surface area (Å²) in [7, 11) is 0. The summed E-state index contributed by atoms with van der Waals surface area (Å²) in [6.07, 6.45) is 2.28. The first-order chi connectivity index (χ1) is 2.91. The molecular formula is C4H9OTa-. The summed E-state index contributed by atoms with van der Waals surface area (Å²) in [5, 5.41) is 0. The quantitative estimate of drug-likeness (QED) is 0.648. The summed E-state index contributed by atoms with van der Waals surface area (Å²) in [6, 6.07) is 0. The van der Waals surface area contributed by atoms with Crippen molar-refractivity contribution in [2.24, 2.45) is 0 Å². The van der Waals surface area contributed by atoms with Crippen LogP contribution >= 0.6 is 0 Å². The Morgan fingerprint density at radius 1 is 1.67 bits per heavy atom. The van der Waals surface area contributed by atoms with Crippen LogP contribution in [0.2, 0.25) is 0 Å². The van der Waals surface area contributed by atoms with E-state index in [0.717, 1.165) is 6.42 Å². The van der Waals surface area contributed by atoms with E-state index in [1.54, 1.807) is 0 Å². The van der Waals surface area contributed by atoms with Gasteiger partial charge in [0, 0.05) is 0 Å². The summed E-state index contributed by atoms with van der Waals surface area (Å²) in [5.41, 5.74) is 0. The zero-order chi connectivity index (χ0) is 5.41. The van der Waals surface area contributed by atoms with Gasteiger partial charge in [0.05, 0.1) is 0 Å². The van der Waals surface area contributed by atoms with Crippen molar-refractivity contribution < 1.29 is 24.3 Å². The average molecular weight is 254 g/mol. The van der Waals surface area contributed by atoms with Crippen molar-refractivity contribution in [2.45, 2.75) is 19.8 Å². The van der Waals surface area contributed by atoms with Crippen LogP contribution in [-0.4, -0.2) is 0 Å². The summed E-state index contributed by atoms with van der Waals surface area (Å²) < 4.78 is 8.36. The van der Waals surface area contributed by atoms with Gasteiger partial charge in [0.1, 0.15) is 0 Å². The molecule has 1 nitrogen and oxygen atoms in total. The van der Waals surface area contributed by atoms with Gasteiger partial charge >= 0.3 is 24.3 Å². The van der Waals surface area contributed by atoms with Gasteiger partial charge in [-0.3, -0.25) is 0 Å². The molecule has 0 heterocycles. The van der Waals surface area contributed by atoms with Gasteiger partial charge in [-0.05, 0) is 0 Å². The average Bonchev–Trinajstić information content (AvgIpc) is 1.72. The van der Waals surface area contributed by atoms with Crippen LogP contribution in [0.3, 0.4) is 0 Å². The van der Waals surface area contributed by atoms with Crippen LogP contribution in [0.5, 0.6) is 0 Å². The van der Waals surface area contributed by atoms with E-state index in [9.17, 15) is 0 Å². The van der Waals surface area contributed by atoms with Crippen molar-refractivity contribution in [1.82, 2.24) is 0 Å². The number of unbranched alkanes of at least 4 members (excludes halogenated alkanes) is 1. The first kappa shape index (κ1) is 9.74. The molecule has 0 aliphatic carbocycles. The number of hydrogen-bond acceptors (Lipinski definition) is 1. The maximum absolute atomic E-state index is 8.36. The molecule has 6 heavy (non-hydrogen) atoms. The second-order valence-corrected chi connectivity index (χ2v) is 0.854. The van der Waals surface area contributed by atoms with Gasteiger partial charge < -0.3 is 6.92 Å². The topological polar surface area (TPSA) is 17.1 Å². The molecule has 0 aromatic carbocycles. The monoisotopic (exact) mass is 254 g/mol. The van der Waals surface area contributed by atoms with Crippen LogP contribution < -0.4 is 0 Å². The van der Waals surface area contributed by atoms with Gasteiger partial charge in [0.2, 0.25) is 0 Å². The molecule has 0 spiro atoms. The Hall–Kier alpha value is 0.540. The Bertz CT molecular complexity index is 15.0. The van der Waals surface area contributed by atoms with E-state index < -0.39 is 0 Å². The Morgan fingerprint density at radius 3 is 1.83 bits per heavy atom. The van der Waals surface area contributed by atoms with Crippen molar-refractivity contribution in [3.8, 4) is 0 Å². The van der Waals surface area contributed by atoms with E-state index in [4.69, 9.17) is 3.25 Å². The van der Waals surface area contributed by atoms with Crippen LogP contribution in [-0.2, 0) is 24.3 Å². The standard InChI is InChI=1S/C4H9.O.Ta/c1-3-4-2;;/h1,3-4H2,2H3;;/q-1;;. The van der Waals surface area contributed by atoms with Crippen molar-refractivity contribution in [1.29, 1.82) is 0 Å². The number of hydrogen-bond donors (Lipinski definition) is 0. The first-order valence-corrected chi connectivity index (χ1v) is 3.20. The SMILES string of the molecule is [CH2-]CCC.[O]=[Ta]. The van der Waals surface area contributed by atoms with Gasteiger partial charge in [-0.1, -0.05) is 13.3 Å². The second kappa shape index (κ2) is 17.7. The number of rotatable bonds is 1. The molecule has 2 heteroatoms. The predicted octanol–water partition coefficient (Wildman–Crippen LogP) is 1.50. The maximum atomic E-state index is 8.36. The molecule has 0 unspecified atom stereocenters. The molecule has 0 N–H and O–H groups in total. The fourth-order valence-electron chi connectivity index (χ4n) is 0. The van der Waals surface area contributed by atoms with Gasteiger partial charge in [0.15, 0.2) is 0 Å². The molecule has 0 fully saturated rings. The Labute approximate surface area is 51.4 Å². The van der Waals surface area contributed by atoms with E-state index in [2.05, 4.69) is 13.8 Å². The van der Waals surface area contributed by atoms with E-state index in [0.29, 0.717) is 0 Å². The molecule has 0 saturated carbocycles. The summed E-state index contributed by atoms with van der Waals surface area (Å²) >= 11 is 0.194. The molecule has 0 rings (SSSR count). The Kier molecular flexibility index (Phi) is 28.7. The van der Waals surface area contributed by atoms with Crippen molar-refractivity contribution in [3.05, 3.63) is 6.92 Å². The van der Waals surface area contributed by atoms with Gasteiger partial charge in [0.25, 0.3) is 0 Å². The molecule has 37 valence electrons. The van der Waals surface area contributed by atoms with E-state index >= 15 is 0 Å². The van der Waals surface area contributed by atoms with Crippen LogP contribution in [0.1, 0.15) is 19.8 Å². The fourth-order valence-corrected chi connectivity index (χ4v) is 0. The molecule has 0 aromatic heterocycles. The molecule has 0 aliphatic heterocycles. The molecular weight excluding hydrogens is 245 g/mol. The zero-order valence-electron chi connectivity index (χ0n) is 3.98. The van der Waals surface area contributed by atoms with E-state index in [1.807, 2.05) is 0 Å². The first-order valence-electron chi connectivity index (χ1n) is 1.89. The Morgan fingerprint density at radius 2 is 1.83 bits per heavy atom.